The number of carbonyl (C=O) groups excluding carboxylic acids is 5. The highest BCUT2D eigenvalue weighted by Gasteiger charge is 2.47. The Morgan fingerprint density at radius 1 is 1.07 bits per heavy atom. The van der Waals surface area contributed by atoms with E-state index in [1.807, 2.05) is 6.92 Å². The molecule has 220 valence electrons. The highest BCUT2D eigenvalue weighted by molar-refractivity contribution is 6.04. The molecule has 3 aliphatic rings. The van der Waals surface area contributed by atoms with E-state index >= 15 is 0 Å². The fraction of sp³-hybridized carbons (Fsp3) is 0.720. The molecule has 3 rings (SSSR count). The summed E-state index contributed by atoms with van der Waals surface area (Å²) in [5.41, 5.74) is 0. The number of rotatable bonds is 13. The fourth-order valence-electron chi connectivity index (χ4n) is 4.96. The van der Waals surface area contributed by atoms with Gasteiger partial charge >= 0.3 is 12.0 Å². The molecule has 0 bridgehead atoms. The smallest absolute Gasteiger partial charge is 0.327 e. The summed E-state index contributed by atoms with van der Waals surface area (Å²) in [5, 5.41) is 24.0. The van der Waals surface area contributed by atoms with Gasteiger partial charge in [0.05, 0.1) is 26.1 Å². The van der Waals surface area contributed by atoms with Crippen LogP contribution in [0.3, 0.4) is 0 Å². The van der Waals surface area contributed by atoms with Crippen LogP contribution in [0.4, 0.5) is 4.79 Å². The number of hydrogen-bond acceptors (Lipinski definition) is 9. The lowest BCUT2D eigenvalue weighted by molar-refractivity contribution is -0.139. The predicted molar refractivity (Wildman–Crippen MR) is 141 cm³/mol. The molecule has 2 fully saturated rings. The van der Waals surface area contributed by atoms with Gasteiger partial charge in [0.1, 0.15) is 12.1 Å². The molecule has 6 amide bonds. The zero-order valence-electron chi connectivity index (χ0n) is 22.9. The molecule has 1 saturated carbocycles. The molecule has 15 nitrogen and oxygen atoms in total. The zero-order chi connectivity index (χ0) is 29.2. The van der Waals surface area contributed by atoms with Gasteiger partial charge in [0.25, 0.3) is 5.91 Å². The van der Waals surface area contributed by atoms with E-state index in [-0.39, 0.29) is 44.6 Å². The van der Waals surface area contributed by atoms with Crippen LogP contribution in [0.2, 0.25) is 0 Å². The average Bonchev–Trinajstić information content (AvgIpc) is 3.60. The molecule has 1 saturated heterocycles. The summed E-state index contributed by atoms with van der Waals surface area (Å²) >= 11 is 0. The quantitative estimate of drug-likeness (QED) is 0.249. The SMILES string of the molecule is CC[C@H](C)[C@H](NC(=O)CCC(=O)O)C(=O)NCC(=O)N1C(=O)N(C2CCCCC2)C[C@H]1C(=O)NCC1=NCN=N1. The largest absolute Gasteiger partial charge is 0.481 e. The molecule has 0 aromatic heterocycles. The summed E-state index contributed by atoms with van der Waals surface area (Å²) in [6.45, 7) is 3.23. The Hall–Kier alpha value is -3.91. The number of carbonyl (C=O) groups is 6. The van der Waals surface area contributed by atoms with E-state index in [0.29, 0.717) is 12.3 Å². The van der Waals surface area contributed by atoms with Crippen molar-refractivity contribution >= 4 is 41.5 Å². The topological polar surface area (TPSA) is 202 Å². The van der Waals surface area contributed by atoms with E-state index in [2.05, 4.69) is 31.2 Å². The molecule has 40 heavy (non-hydrogen) atoms. The van der Waals surface area contributed by atoms with Crippen molar-refractivity contribution in [2.45, 2.75) is 83.3 Å². The van der Waals surface area contributed by atoms with Gasteiger partial charge in [-0.3, -0.25) is 24.0 Å². The molecule has 0 unspecified atom stereocenters. The number of nitrogens with one attached hydrogen (secondary N) is 3. The Bertz CT molecular complexity index is 1060. The number of aliphatic imine (C=N–C) groups is 1. The second-order valence-electron chi connectivity index (χ2n) is 10.2. The molecule has 0 aromatic carbocycles. The van der Waals surface area contributed by atoms with Gasteiger partial charge in [0.15, 0.2) is 12.5 Å². The van der Waals surface area contributed by atoms with Crippen molar-refractivity contribution in [1.29, 1.82) is 0 Å². The maximum absolute atomic E-state index is 13.4. The monoisotopic (exact) mass is 562 g/mol. The second kappa shape index (κ2) is 14.5. The van der Waals surface area contributed by atoms with Crippen LogP contribution in [0.5, 0.6) is 0 Å². The van der Waals surface area contributed by atoms with Crippen LogP contribution in [-0.4, -0.2) is 101 Å². The molecule has 2 heterocycles. The number of carboxylic acid groups (broad SMARTS) is 1. The van der Waals surface area contributed by atoms with Gasteiger partial charge < -0.3 is 26.0 Å². The number of imide groups is 1. The number of carboxylic acids is 1. The molecule has 3 atom stereocenters. The van der Waals surface area contributed by atoms with Crippen molar-refractivity contribution < 1.29 is 33.9 Å². The number of aliphatic carboxylic acids is 1. The molecule has 0 spiro atoms. The van der Waals surface area contributed by atoms with Crippen LogP contribution in [0.25, 0.3) is 0 Å². The van der Waals surface area contributed by atoms with Gasteiger partial charge in [-0.05, 0) is 18.8 Å². The molecule has 1 aliphatic carbocycles. The minimum atomic E-state index is -1.14. The lowest BCUT2D eigenvalue weighted by atomic mass is 9.94. The Balaban J connectivity index is 1.68. The second-order valence-corrected chi connectivity index (χ2v) is 10.2. The van der Waals surface area contributed by atoms with E-state index in [9.17, 15) is 28.8 Å². The van der Waals surface area contributed by atoms with Gasteiger partial charge in [0.2, 0.25) is 17.7 Å². The maximum atomic E-state index is 13.4. The summed E-state index contributed by atoms with van der Waals surface area (Å²) < 4.78 is 0. The molecule has 0 aromatic rings. The van der Waals surface area contributed by atoms with Gasteiger partial charge in [-0.15, -0.1) is 5.11 Å². The normalized spacial score (nSPS) is 20.6. The molecular weight excluding hydrogens is 524 g/mol. The number of azo groups is 1. The van der Waals surface area contributed by atoms with Crippen molar-refractivity contribution in [3.8, 4) is 0 Å². The van der Waals surface area contributed by atoms with Crippen LogP contribution < -0.4 is 16.0 Å². The van der Waals surface area contributed by atoms with Gasteiger partial charge in [-0.1, -0.05) is 39.5 Å². The predicted octanol–water partition coefficient (Wildman–Crippen LogP) is 0.402. The Kier molecular flexibility index (Phi) is 11.1. The lowest BCUT2D eigenvalue weighted by Gasteiger charge is -2.30. The molecule has 15 heteroatoms. The number of amidine groups is 1. The number of amides is 6. The Labute approximate surface area is 232 Å². The molecule has 4 N–H and O–H groups in total. The number of urea groups is 1. The fourth-order valence-corrected chi connectivity index (χ4v) is 4.96. The van der Waals surface area contributed by atoms with Gasteiger partial charge in [-0.2, -0.15) is 5.11 Å². The maximum Gasteiger partial charge on any atom is 0.327 e. The third kappa shape index (κ3) is 8.05. The summed E-state index contributed by atoms with van der Waals surface area (Å²) in [6, 6.07) is -2.76. The zero-order valence-corrected chi connectivity index (χ0v) is 22.9. The van der Waals surface area contributed by atoms with Crippen molar-refractivity contribution in [3.05, 3.63) is 0 Å². The van der Waals surface area contributed by atoms with Crippen LogP contribution in [-0.2, 0) is 24.0 Å². The Morgan fingerprint density at radius 2 is 1.80 bits per heavy atom. The van der Waals surface area contributed by atoms with E-state index in [1.165, 1.54) is 0 Å². The third-order valence-electron chi connectivity index (χ3n) is 7.43. The summed E-state index contributed by atoms with van der Waals surface area (Å²) in [5.74, 6) is -3.65. The van der Waals surface area contributed by atoms with E-state index in [4.69, 9.17) is 5.11 Å². The first kappa shape index (κ1) is 30.6. The number of nitrogens with zero attached hydrogens (tertiary/aromatic N) is 5. The van der Waals surface area contributed by atoms with Gasteiger partial charge in [0, 0.05) is 12.5 Å². The lowest BCUT2D eigenvalue weighted by Crippen LogP contribution is -2.54. The van der Waals surface area contributed by atoms with Crippen LogP contribution in [0.15, 0.2) is 15.2 Å². The highest BCUT2D eigenvalue weighted by Crippen LogP contribution is 2.28. The minimum absolute atomic E-state index is 0.00732. The van der Waals surface area contributed by atoms with Crippen molar-refractivity contribution in [2.24, 2.45) is 21.1 Å². The minimum Gasteiger partial charge on any atom is -0.481 e. The van der Waals surface area contributed by atoms with Crippen molar-refractivity contribution in [2.75, 3.05) is 26.3 Å². The van der Waals surface area contributed by atoms with Crippen LogP contribution in [0, 0.1) is 5.92 Å². The highest BCUT2D eigenvalue weighted by atomic mass is 16.4. The van der Waals surface area contributed by atoms with Crippen molar-refractivity contribution in [1.82, 2.24) is 25.8 Å². The first-order valence-corrected chi connectivity index (χ1v) is 13.7. The molecular formula is C25H38N8O7. The molecule has 0 radical (unpaired) electrons. The average molecular weight is 563 g/mol. The van der Waals surface area contributed by atoms with Crippen LogP contribution in [0.1, 0.15) is 65.2 Å². The summed E-state index contributed by atoms with van der Waals surface area (Å²) in [4.78, 5) is 82.2. The van der Waals surface area contributed by atoms with E-state index in [0.717, 1.165) is 37.0 Å². The number of hydrogen-bond donors (Lipinski definition) is 4. The Morgan fingerprint density at radius 3 is 2.42 bits per heavy atom. The van der Waals surface area contributed by atoms with Crippen molar-refractivity contribution in [3.63, 3.8) is 0 Å². The third-order valence-corrected chi connectivity index (χ3v) is 7.43. The first-order valence-electron chi connectivity index (χ1n) is 13.7. The standard InChI is InChI=1S/C25H38N8O7/c1-3-15(2)22(30-19(34)9-10-21(36)37)24(39)27-12-20(35)33-17(23(38)26-11-18-28-14-29-31-18)13-32(25(33)40)16-7-5-4-6-8-16/h15-17,22H,3-14H2,1-2H3,(H,26,38)(H,27,39)(H,30,34)(H,36,37)/t15-,17-,22-/m0/s1. The summed E-state index contributed by atoms with van der Waals surface area (Å²) in [7, 11) is 0. The van der Waals surface area contributed by atoms with E-state index in [1.54, 1.807) is 11.8 Å². The van der Waals surface area contributed by atoms with E-state index < -0.39 is 54.3 Å². The summed E-state index contributed by atoms with van der Waals surface area (Å²) in [6.07, 6.45) is 4.40. The first-order chi connectivity index (χ1) is 19.1. The van der Waals surface area contributed by atoms with Gasteiger partial charge in [-0.25, -0.2) is 14.7 Å². The molecule has 2 aliphatic heterocycles. The van der Waals surface area contributed by atoms with Crippen LogP contribution >= 0.6 is 0 Å².